The van der Waals surface area contributed by atoms with E-state index < -0.39 is 6.36 Å². The molecule has 4 aromatic carbocycles. The van der Waals surface area contributed by atoms with Gasteiger partial charge in [0.15, 0.2) is 5.11 Å². The molecule has 1 aliphatic carbocycles. The highest BCUT2D eigenvalue weighted by Gasteiger charge is 2.37. The number of hydrogen-bond donors (Lipinski definition) is 2. The van der Waals surface area contributed by atoms with Crippen molar-refractivity contribution in [1.29, 1.82) is 0 Å². The van der Waals surface area contributed by atoms with Gasteiger partial charge >= 0.3 is 6.36 Å². The molecule has 0 radical (unpaired) electrons. The number of ether oxygens (including phenoxy) is 1. The van der Waals surface area contributed by atoms with E-state index in [1.165, 1.54) is 23.3 Å². The lowest BCUT2D eigenvalue weighted by Crippen LogP contribution is -2.24. The van der Waals surface area contributed by atoms with Crippen LogP contribution in [0.15, 0.2) is 90.3 Å². The first kappa shape index (κ1) is 27.7. The summed E-state index contributed by atoms with van der Waals surface area (Å²) in [5, 5.41) is 10.2. The van der Waals surface area contributed by atoms with Gasteiger partial charge in [-0.1, -0.05) is 56.3 Å². The average Bonchev–Trinajstić information content (AvgIpc) is 3.59. The summed E-state index contributed by atoms with van der Waals surface area (Å²) >= 11 is 5.44. The Hall–Kier alpha value is -4.44. The smallest absolute Gasteiger partial charge is 0.406 e. The summed E-state index contributed by atoms with van der Waals surface area (Å²) in [4.78, 5) is 4.62. The number of aromatic nitrogens is 2. The van der Waals surface area contributed by atoms with Gasteiger partial charge in [-0.25, -0.2) is 4.98 Å². The highest BCUT2D eigenvalue weighted by Crippen LogP contribution is 2.47. The molecule has 6 rings (SSSR count). The number of nitrogens with one attached hydrogen (secondary N) is 2. The number of para-hydroxylation sites is 1. The minimum atomic E-state index is -4.73. The fourth-order valence-corrected chi connectivity index (χ4v) is 5.45. The maximum absolute atomic E-state index is 12.5. The molecule has 0 bridgehead atoms. The fraction of sp³-hybridized carbons (Fsp3) is 0.219. The van der Waals surface area contributed by atoms with Crippen molar-refractivity contribution in [2.75, 3.05) is 5.32 Å². The lowest BCUT2D eigenvalue weighted by atomic mass is 10.0. The van der Waals surface area contributed by atoms with E-state index in [4.69, 9.17) is 12.2 Å². The third kappa shape index (κ3) is 5.94. The van der Waals surface area contributed by atoms with Gasteiger partial charge in [-0.15, -0.1) is 13.2 Å². The molecule has 2 atom stereocenters. The minimum Gasteiger partial charge on any atom is -0.406 e. The molecule has 1 aromatic heterocycles. The summed E-state index contributed by atoms with van der Waals surface area (Å²) in [7, 11) is 0. The minimum absolute atomic E-state index is 0.264. The number of nitrogens with zero attached hydrogens (tertiary/aromatic N) is 3. The van der Waals surface area contributed by atoms with Crippen molar-refractivity contribution in [2.24, 2.45) is 11.0 Å². The Morgan fingerprint density at radius 2 is 1.86 bits per heavy atom. The van der Waals surface area contributed by atoms with E-state index in [-0.39, 0.29) is 5.75 Å². The van der Waals surface area contributed by atoms with Crippen LogP contribution in [0.25, 0.3) is 27.5 Å². The molecule has 10 heteroatoms. The topological polar surface area (TPSA) is 63.5 Å². The van der Waals surface area contributed by atoms with Crippen molar-refractivity contribution in [3.05, 3.63) is 96.3 Å². The Bertz CT molecular complexity index is 1800. The zero-order chi connectivity index (χ0) is 29.4. The van der Waals surface area contributed by atoms with Crippen LogP contribution in [0, 0.1) is 5.92 Å². The quantitative estimate of drug-likeness (QED) is 0.114. The summed E-state index contributed by atoms with van der Waals surface area (Å²) in [6, 6.07) is 24.3. The van der Waals surface area contributed by atoms with Gasteiger partial charge in [-0.2, -0.15) is 5.10 Å². The van der Waals surface area contributed by atoms with Crippen molar-refractivity contribution >= 4 is 51.0 Å². The third-order valence-corrected chi connectivity index (χ3v) is 7.63. The number of hydrogen-bond acceptors (Lipinski definition) is 4. The van der Waals surface area contributed by atoms with Gasteiger partial charge in [0.2, 0.25) is 0 Å². The molecule has 42 heavy (non-hydrogen) atoms. The number of thiocarbonyl (C=S) groups is 1. The van der Waals surface area contributed by atoms with Crippen LogP contribution in [0.5, 0.6) is 5.75 Å². The molecule has 6 nitrogen and oxygen atoms in total. The summed E-state index contributed by atoms with van der Waals surface area (Å²) in [5.74, 6) is 0.824. The van der Waals surface area contributed by atoms with Crippen LogP contribution < -0.4 is 15.5 Å². The average molecular weight is 588 g/mol. The molecule has 1 heterocycles. The Labute approximate surface area is 246 Å². The second-order valence-corrected chi connectivity index (χ2v) is 11.1. The van der Waals surface area contributed by atoms with Crippen molar-refractivity contribution in [1.82, 2.24) is 15.0 Å². The molecule has 5 aromatic rings. The van der Waals surface area contributed by atoms with Gasteiger partial charge in [0.1, 0.15) is 12.1 Å². The predicted molar refractivity (Wildman–Crippen MR) is 164 cm³/mol. The number of benzene rings is 4. The molecule has 1 fully saturated rings. The number of imidazole rings is 1. The molecule has 1 aliphatic rings. The molecule has 0 amide bonds. The molecular weight excluding hydrogens is 559 g/mol. The third-order valence-electron chi connectivity index (χ3n) is 7.44. The molecule has 214 valence electrons. The fourth-order valence-electron chi connectivity index (χ4n) is 5.29. The number of hydrazone groups is 1. The summed E-state index contributed by atoms with van der Waals surface area (Å²) in [6.07, 6.45) is -0.111. The Morgan fingerprint density at radius 3 is 2.62 bits per heavy atom. The largest absolute Gasteiger partial charge is 0.573 e. The van der Waals surface area contributed by atoms with E-state index in [1.54, 1.807) is 18.5 Å². The number of alkyl halides is 3. The second kappa shape index (κ2) is 11.1. The van der Waals surface area contributed by atoms with Crippen LogP contribution in [-0.2, 0) is 0 Å². The summed E-state index contributed by atoms with van der Waals surface area (Å²) < 4.78 is 43.3. The highest BCUT2D eigenvalue weighted by atomic mass is 32.1. The van der Waals surface area contributed by atoms with E-state index in [0.29, 0.717) is 28.6 Å². The number of anilines is 1. The highest BCUT2D eigenvalue weighted by molar-refractivity contribution is 7.80. The SMILES string of the molecule is CC(C)c1ccccc1NC(=S)N/N=C/C1CC1c1ccc2c(ccc3c2ncn3-c2ccc(OC(F)(F)F)cc2)c1. The molecule has 2 unspecified atom stereocenters. The summed E-state index contributed by atoms with van der Waals surface area (Å²) in [5.41, 5.74) is 8.74. The van der Waals surface area contributed by atoms with Crippen LogP contribution in [0.3, 0.4) is 0 Å². The number of halogens is 3. The van der Waals surface area contributed by atoms with Crippen molar-refractivity contribution < 1.29 is 17.9 Å². The van der Waals surface area contributed by atoms with Gasteiger partial charge in [-0.05, 0) is 83.4 Å². The first-order valence-corrected chi connectivity index (χ1v) is 14.0. The number of rotatable bonds is 7. The van der Waals surface area contributed by atoms with Crippen LogP contribution >= 0.6 is 12.2 Å². The Morgan fingerprint density at radius 1 is 1.07 bits per heavy atom. The zero-order valence-corrected chi connectivity index (χ0v) is 23.7. The molecule has 0 spiro atoms. The maximum atomic E-state index is 12.5. The van der Waals surface area contributed by atoms with Gasteiger partial charge in [0.05, 0.1) is 11.0 Å². The first-order valence-electron chi connectivity index (χ1n) is 13.6. The lowest BCUT2D eigenvalue weighted by molar-refractivity contribution is -0.274. The van der Waals surface area contributed by atoms with Crippen molar-refractivity contribution in [3.63, 3.8) is 0 Å². The van der Waals surface area contributed by atoms with Crippen molar-refractivity contribution in [2.45, 2.75) is 38.5 Å². The van der Waals surface area contributed by atoms with E-state index in [1.807, 2.05) is 41.1 Å². The van der Waals surface area contributed by atoms with Gasteiger partial charge in [0.25, 0.3) is 0 Å². The summed E-state index contributed by atoms with van der Waals surface area (Å²) in [6.45, 7) is 4.29. The van der Waals surface area contributed by atoms with Crippen LogP contribution in [-0.4, -0.2) is 27.2 Å². The second-order valence-electron chi connectivity index (χ2n) is 10.7. The molecule has 0 saturated heterocycles. The maximum Gasteiger partial charge on any atom is 0.573 e. The van der Waals surface area contributed by atoms with E-state index in [0.717, 1.165) is 33.9 Å². The van der Waals surface area contributed by atoms with Crippen LogP contribution in [0.4, 0.5) is 18.9 Å². The molecule has 0 aliphatic heterocycles. The standard InChI is InChI=1S/C32H28F3N5OS/c1-19(2)25-5-3-4-6-28(25)38-31(42)39-37-17-22-16-27(22)21-7-13-26-20(15-21)8-14-29-30(26)36-18-40(29)23-9-11-24(12-10-23)41-32(33,34)35/h3-15,17-19,22,27H,16H2,1-2H3,(H2,38,39,42)/b37-17+. The van der Waals surface area contributed by atoms with E-state index in [9.17, 15) is 13.2 Å². The van der Waals surface area contributed by atoms with Crippen molar-refractivity contribution in [3.8, 4) is 11.4 Å². The molecule has 1 saturated carbocycles. The predicted octanol–water partition coefficient (Wildman–Crippen LogP) is 8.28. The first-order chi connectivity index (χ1) is 20.2. The monoisotopic (exact) mass is 587 g/mol. The van der Waals surface area contributed by atoms with Gasteiger partial charge in [0, 0.05) is 28.9 Å². The number of fused-ring (bicyclic) bond motifs is 3. The lowest BCUT2D eigenvalue weighted by Gasteiger charge is -2.14. The van der Waals surface area contributed by atoms with E-state index in [2.05, 4.69) is 63.7 Å². The molecular formula is C32H28F3N5OS. The van der Waals surface area contributed by atoms with Gasteiger partial charge in [-0.3, -0.25) is 9.99 Å². The zero-order valence-electron chi connectivity index (χ0n) is 22.9. The van der Waals surface area contributed by atoms with Crippen LogP contribution in [0.1, 0.15) is 43.2 Å². The Balaban J connectivity index is 1.12. The van der Waals surface area contributed by atoms with Crippen LogP contribution in [0.2, 0.25) is 0 Å². The van der Waals surface area contributed by atoms with Gasteiger partial charge < -0.3 is 10.1 Å². The van der Waals surface area contributed by atoms with E-state index >= 15 is 0 Å². The normalized spacial score (nSPS) is 16.8. The Kier molecular flexibility index (Phi) is 7.32. The molecule has 2 N–H and O–H groups in total.